The van der Waals surface area contributed by atoms with Crippen LogP contribution in [0.25, 0.3) is 0 Å². The maximum absolute atomic E-state index is 12.2. The minimum Gasteiger partial charge on any atom is -0.379 e. The van der Waals surface area contributed by atoms with Crippen LogP contribution in [0.5, 0.6) is 0 Å². The van der Waals surface area contributed by atoms with Crippen molar-refractivity contribution in [2.45, 2.75) is 23.6 Å². The first kappa shape index (κ1) is 15.3. The summed E-state index contributed by atoms with van der Waals surface area (Å²) in [4.78, 5) is 0.537. The molecule has 1 N–H and O–H groups in total. The van der Waals surface area contributed by atoms with Gasteiger partial charge in [-0.15, -0.1) is 0 Å². The van der Waals surface area contributed by atoms with Gasteiger partial charge in [0.1, 0.15) is 0 Å². The zero-order chi connectivity index (χ0) is 15.2. The van der Waals surface area contributed by atoms with Crippen molar-refractivity contribution in [2.24, 2.45) is 0 Å². The normalized spacial score (nSPS) is 12.0. The number of halogens is 2. The Morgan fingerprint density at radius 3 is 2.48 bits per heavy atom. The molecule has 2 rings (SSSR count). The van der Waals surface area contributed by atoms with Gasteiger partial charge in [0.15, 0.2) is 0 Å². The molecule has 1 atom stereocenters. The van der Waals surface area contributed by atoms with Crippen LogP contribution >= 0.6 is 11.8 Å². The highest BCUT2D eigenvalue weighted by Gasteiger charge is 2.08. The highest BCUT2D eigenvalue weighted by atomic mass is 32.2. The van der Waals surface area contributed by atoms with E-state index in [2.05, 4.69) is 11.4 Å². The number of benzene rings is 2. The number of nitriles is 1. The molecule has 0 fully saturated rings. The predicted octanol–water partition coefficient (Wildman–Crippen LogP) is 5.05. The Hall–Kier alpha value is -2.06. The molecule has 0 spiro atoms. The van der Waals surface area contributed by atoms with Gasteiger partial charge in [-0.1, -0.05) is 23.9 Å². The van der Waals surface area contributed by atoms with Gasteiger partial charge in [0.2, 0.25) is 0 Å². The summed E-state index contributed by atoms with van der Waals surface area (Å²) < 4.78 is 24.5. The van der Waals surface area contributed by atoms with E-state index >= 15 is 0 Å². The van der Waals surface area contributed by atoms with E-state index in [9.17, 15) is 8.78 Å². The zero-order valence-corrected chi connectivity index (χ0v) is 12.2. The first-order chi connectivity index (χ1) is 10.1. The summed E-state index contributed by atoms with van der Waals surface area (Å²) in [6.45, 7) is 1.98. The standard InChI is InChI=1S/C16H14F2N2S/c1-11(13-4-2-3-12(9-13)10-19)20-14-5-7-15(8-6-14)21-16(17)18/h2-9,11,16,20H,1H3. The number of alkyl halides is 2. The summed E-state index contributed by atoms with van der Waals surface area (Å²) >= 11 is 0.530. The Balaban J connectivity index is 2.05. The van der Waals surface area contributed by atoms with E-state index in [0.717, 1.165) is 11.3 Å². The lowest BCUT2D eigenvalue weighted by Crippen LogP contribution is -2.06. The van der Waals surface area contributed by atoms with Crippen LogP contribution in [0.1, 0.15) is 24.1 Å². The molecule has 108 valence electrons. The number of nitrogens with zero attached hydrogens (tertiary/aromatic N) is 1. The minimum atomic E-state index is -2.41. The lowest BCUT2D eigenvalue weighted by atomic mass is 10.1. The third-order valence-electron chi connectivity index (χ3n) is 2.98. The van der Waals surface area contributed by atoms with Crippen LogP contribution in [0, 0.1) is 11.3 Å². The average molecular weight is 304 g/mol. The number of anilines is 1. The van der Waals surface area contributed by atoms with Gasteiger partial charge in [-0.2, -0.15) is 14.0 Å². The number of hydrogen-bond acceptors (Lipinski definition) is 3. The summed E-state index contributed by atoms with van der Waals surface area (Å²) in [6.07, 6.45) is 0. The molecule has 0 aliphatic carbocycles. The smallest absolute Gasteiger partial charge is 0.288 e. The van der Waals surface area contributed by atoms with Crippen LogP contribution in [0.15, 0.2) is 53.4 Å². The van der Waals surface area contributed by atoms with Crippen molar-refractivity contribution in [3.05, 3.63) is 59.7 Å². The molecule has 0 radical (unpaired) electrons. The second kappa shape index (κ2) is 7.09. The Bertz CT molecular complexity index is 635. The third-order valence-corrected chi connectivity index (χ3v) is 3.70. The van der Waals surface area contributed by atoms with E-state index in [1.165, 1.54) is 0 Å². The third kappa shape index (κ3) is 4.47. The molecule has 0 aromatic heterocycles. The molecule has 2 aromatic carbocycles. The van der Waals surface area contributed by atoms with E-state index in [4.69, 9.17) is 5.26 Å². The van der Waals surface area contributed by atoms with Crippen molar-refractivity contribution in [3.8, 4) is 6.07 Å². The van der Waals surface area contributed by atoms with Crippen molar-refractivity contribution in [1.82, 2.24) is 0 Å². The molecular weight excluding hydrogens is 290 g/mol. The number of nitrogens with one attached hydrogen (secondary N) is 1. The van der Waals surface area contributed by atoms with Gasteiger partial charge in [-0.25, -0.2) is 0 Å². The van der Waals surface area contributed by atoms with Crippen molar-refractivity contribution in [1.29, 1.82) is 5.26 Å². The zero-order valence-electron chi connectivity index (χ0n) is 11.4. The second-order valence-corrected chi connectivity index (χ2v) is 5.57. The first-order valence-electron chi connectivity index (χ1n) is 6.40. The molecule has 1 unspecified atom stereocenters. The molecule has 0 bridgehead atoms. The van der Waals surface area contributed by atoms with Crippen molar-refractivity contribution >= 4 is 17.4 Å². The van der Waals surface area contributed by atoms with E-state index in [1.54, 1.807) is 30.3 Å². The Morgan fingerprint density at radius 2 is 1.86 bits per heavy atom. The molecule has 0 saturated carbocycles. The van der Waals surface area contributed by atoms with Crippen LogP contribution < -0.4 is 5.32 Å². The summed E-state index contributed by atoms with van der Waals surface area (Å²) in [5, 5.41) is 12.2. The highest BCUT2D eigenvalue weighted by molar-refractivity contribution is 7.99. The van der Waals surface area contributed by atoms with Gasteiger partial charge >= 0.3 is 0 Å². The topological polar surface area (TPSA) is 35.8 Å². The lowest BCUT2D eigenvalue weighted by Gasteiger charge is -2.16. The average Bonchev–Trinajstić information content (AvgIpc) is 2.49. The molecule has 2 aromatic rings. The van der Waals surface area contributed by atoms with Crippen molar-refractivity contribution < 1.29 is 8.78 Å². The summed E-state index contributed by atoms with van der Waals surface area (Å²) in [5.41, 5.74) is 2.47. The Labute approximate surface area is 126 Å². The van der Waals surface area contributed by atoms with Crippen molar-refractivity contribution in [3.63, 3.8) is 0 Å². The van der Waals surface area contributed by atoms with Gasteiger partial charge < -0.3 is 5.32 Å². The second-order valence-electron chi connectivity index (χ2n) is 4.51. The molecule has 21 heavy (non-hydrogen) atoms. The fraction of sp³-hybridized carbons (Fsp3) is 0.188. The van der Waals surface area contributed by atoms with E-state index in [1.807, 2.05) is 25.1 Å². The van der Waals surface area contributed by atoms with Gasteiger partial charge in [0, 0.05) is 16.6 Å². The maximum atomic E-state index is 12.2. The monoisotopic (exact) mass is 304 g/mol. The number of rotatable bonds is 5. The van der Waals surface area contributed by atoms with Crippen LogP contribution in [-0.4, -0.2) is 5.76 Å². The van der Waals surface area contributed by atoms with Crippen molar-refractivity contribution in [2.75, 3.05) is 5.32 Å². The summed E-state index contributed by atoms with van der Waals surface area (Å²) in [5.74, 6) is -2.41. The van der Waals surface area contributed by atoms with Gasteiger partial charge in [-0.3, -0.25) is 0 Å². The molecule has 0 aliphatic heterocycles. The maximum Gasteiger partial charge on any atom is 0.288 e. The van der Waals surface area contributed by atoms with Gasteiger partial charge in [0.05, 0.1) is 11.6 Å². The van der Waals surface area contributed by atoms with Crippen LogP contribution in [0.4, 0.5) is 14.5 Å². The molecule has 5 heteroatoms. The number of hydrogen-bond donors (Lipinski definition) is 1. The van der Waals surface area contributed by atoms with E-state index in [0.29, 0.717) is 22.2 Å². The Kier molecular flexibility index (Phi) is 5.18. The molecule has 0 amide bonds. The number of thioether (sulfide) groups is 1. The molecular formula is C16H14F2N2S. The van der Waals surface area contributed by atoms with Crippen LogP contribution in [0.3, 0.4) is 0 Å². The van der Waals surface area contributed by atoms with Gasteiger partial charge in [0.25, 0.3) is 5.76 Å². The fourth-order valence-corrected chi connectivity index (χ4v) is 2.44. The SMILES string of the molecule is CC(Nc1ccc(SC(F)F)cc1)c1cccc(C#N)c1. The van der Waals surface area contributed by atoms with Crippen LogP contribution in [-0.2, 0) is 0 Å². The van der Waals surface area contributed by atoms with E-state index in [-0.39, 0.29) is 6.04 Å². The van der Waals surface area contributed by atoms with Crippen LogP contribution in [0.2, 0.25) is 0 Å². The quantitative estimate of drug-likeness (QED) is 0.785. The molecule has 2 nitrogen and oxygen atoms in total. The molecule has 0 heterocycles. The van der Waals surface area contributed by atoms with Gasteiger partial charge in [-0.05, 0) is 48.9 Å². The lowest BCUT2D eigenvalue weighted by molar-refractivity contribution is 0.252. The summed E-state index contributed by atoms with van der Waals surface area (Å²) in [6, 6.07) is 16.4. The first-order valence-corrected chi connectivity index (χ1v) is 7.28. The fourth-order valence-electron chi connectivity index (χ4n) is 1.94. The molecule has 0 aliphatic rings. The largest absolute Gasteiger partial charge is 0.379 e. The predicted molar refractivity (Wildman–Crippen MR) is 81.5 cm³/mol. The minimum absolute atomic E-state index is 0.0203. The summed E-state index contributed by atoms with van der Waals surface area (Å²) in [7, 11) is 0. The van der Waals surface area contributed by atoms with E-state index < -0.39 is 5.76 Å². The molecule has 0 saturated heterocycles. The highest BCUT2D eigenvalue weighted by Crippen LogP contribution is 2.27. The Morgan fingerprint density at radius 1 is 1.14 bits per heavy atom.